The van der Waals surface area contributed by atoms with Crippen molar-refractivity contribution >= 4 is 0 Å². The number of hydrogen-bond donors (Lipinski definition) is 1. The van der Waals surface area contributed by atoms with Gasteiger partial charge in [-0.2, -0.15) is 0 Å². The molecule has 2 atom stereocenters. The predicted octanol–water partition coefficient (Wildman–Crippen LogP) is 4.52. The zero-order valence-corrected chi connectivity index (χ0v) is 13.5. The molecule has 0 aliphatic carbocycles. The van der Waals surface area contributed by atoms with E-state index in [1.54, 1.807) is 19.1 Å². The van der Waals surface area contributed by atoms with Crippen LogP contribution in [-0.2, 0) is 4.74 Å². The van der Waals surface area contributed by atoms with E-state index in [9.17, 15) is 8.78 Å². The van der Waals surface area contributed by atoms with Crippen molar-refractivity contribution in [3.05, 3.63) is 34.9 Å². The normalized spacial score (nSPS) is 14.2. The third kappa shape index (κ3) is 4.75. The van der Waals surface area contributed by atoms with Crippen LogP contribution < -0.4 is 5.32 Å². The van der Waals surface area contributed by atoms with Crippen molar-refractivity contribution < 1.29 is 13.5 Å². The number of rotatable bonds is 9. The minimum absolute atomic E-state index is 0.150. The van der Waals surface area contributed by atoms with Crippen molar-refractivity contribution in [2.45, 2.75) is 59.1 Å². The Bertz CT molecular complexity index is 431. The first kappa shape index (κ1) is 18.1. The van der Waals surface area contributed by atoms with Crippen molar-refractivity contribution in [3.8, 4) is 0 Å². The van der Waals surface area contributed by atoms with Crippen LogP contribution in [-0.4, -0.2) is 19.3 Å². The lowest BCUT2D eigenvalue weighted by molar-refractivity contribution is 0.0266. The smallest absolute Gasteiger partial charge is 0.163 e. The van der Waals surface area contributed by atoms with Crippen LogP contribution in [0.2, 0.25) is 0 Å². The summed E-state index contributed by atoms with van der Waals surface area (Å²) in [7, 11) is 0. The standard InChI is InChI=1S/C17H27F2NO/c1-5-8-14(21-7-3)17(20-11-6-2)13-10-9-12(4)15(18)16(13)19/h9-10,14,17,20H,5-8,11H2,1-4H3. The molecule has 0 aliphatic heterocycles. The molecule has 0 radical (unpaired) electrons. The summed E-state index contributed by atoms with van der Waals surface area (Å²) in [4.78, 5) is 0. The summed E-state index contributed by atoms with van der Waals surface area (Å²) in [5.41, 5.74) is 0.687. The molecule has 0 bridgehead atoms. The van der Waals surface area contributed by atoms with Gasteiger partial charge < -0.3 is 10.1 Å². The Morgan fingerprint density at radius 1 is 1.10 bits per heavy atom. The molecule has 1 N–H and O–H groups in total. The Hall–Kier alpha value is -1.00. The quantitative estimate of drug-likeness (QED) is 0.724. The van der Waals surface area contributed by atoms with E-state index in [0.29, 0.717) is 17.7 Å². The molecule has 0 aromatic heterocycles. The summed E-state index contributed by atoms with van der Waals surface area (Å²) in [6, 6.07) is 2.98. The van der Waals surface area contributed by atoms with Gasteiger partial charge >= 0.3 is 0 Å². The number of hydrogen-bond acceptors (Lipinski definition) is 2. The lowest BCUT2D eigenvalue weighted by atomic mass is 9.96. The van der Waals surface area contributed by atoms with Gasteiger partial charge in [-0.05, 0) is 38.8 Å². The molecule has 0 heterocycles. The number of halogens is 2. The van der Waals surface area contributed by atoms with Gasteiger partial charge in [-0.3, -0.25) is 0 Å². The Morgan fingerprint density at radius 3 is 2.38 bits per heavy atom. The van der Waals surface area contributed by atoms with E-state index in [0.717, 1.165) is 25.8 Å². The number of aryl methyl sites for hydroxylation is 1. The van der Waals surface area contributed by atoms with Gasteiger partial charge in [0, 0.05) is 12.2 Å². The molecule has 1 aromatic rings. The zero-order chi connectivity index (χ0) is 15.8. The van der Waals surface area contributed by atoms with Crippen molar-refractivity contribution in [1.82, 2.24) is 5.32 Å². The third-order valence-electron chi connectivity index (χ3n) is 3.58. The summed E-state index contributed by atoms with van der Waals surface area (Å²) >= 11 is 0. The van der Waals surface area contributed by atoms with Gasteiger partial charge in [0.25, 0.3) is 0 Å². The first-order valence-electron chi connectivity index (χ1n) is 7.86. The lowest BCUT2D eigenvalue weighted by Crippen LogP contribution is -2.35. The average Bonchev–Trinajstić information content (AvgIpc) is 2.47. The predicted molar refractivity (Wildman–Crippen MR) is 82.5 cm³/mol. The summed E-state index contributed by atoms with van der Waals surface area (Å²) in [6.45, 7) is 8.91. The van der Waals surface area contributed by atoms with Gasteiger partial charge in [-0.25, -0.2) is 8.78 Å². The first-order chi connectivity index (χ1) is 10.1. The van der Waals surface area contributed by atoms with Crippen LogP contribution in [0.5, 0.6) is 0 Å². The summed E-state index contributed by atoms with van der Waals surface area (Å²) in [5, 5.41) is 3.31. The fourth-order valence-electron chi connectivity index (χ4n) is 2.49. The largest absolute Gasteiger partial charge is 0.377 e. The molecule has 2 nitrogen and oxygen atoms in total. The van der Waals surface area contributed by atoms with E-state index in [2.05, 4.69) is 12.2 Å². The molecule has 4 heteroatoms. The van der Waals surface area contributed by atoms with Crippen LogP contribution in [0.25, 0.3) is 0 Å². The molecule has 0 saturated heterocycles. The molecule has 0 spiro atoms. The fourth-order valence-corrected chi connectivity index (χ4v) is 2.49. The van der Waals surface area contributed by atoms with Crippen molar-refractivity contribution in [3.63, 3.8) is 0 Å². The molecule has 0 aliphatic rings. The van der Waals surface area contributed by atoms with Crippen molar-refractivity contribution in [2.24, 2.45) is 0 Å². The maximum Gasteiger partial charge on any atom is 0.163 e. The van der Waals surface area contributed by atoms with E-state index in [1.807, 2.05) is 13.8 Å². The Kier molecular flexibility index (Phi) is 7.83. The molecule has 1 aromatic carbocycles. The highest BCUT2D eigenvalue weighted by Crippen LogP contribution is 2.27. The van der Waals surface area contributed by atoms with Crippen LogP contribution in [0.3, 0.4) is 0 Å². The minimum Gasteiger partial charge on any atom is -0.377 e. The van der Waals surface area contributed by atoms with Crippen molar-refractivity contribution in [2.75, 3.05) is 13.2 Å². The highest BCUT2D eigenvalue weighted by atomic mass is 19.2. The Labute approximate surface area is 126 Å². The van der Waals surface area contributed by atoms with Gasteiger partial charge in [-0.1, -0.05) is 32.4 Å². The summed E-state index contributed by atoms with van der Waals surface area (Å²) in [5.74, 6) is -1.52. The third-order valence-corrected chi connectivity index (χ3v) is 3.58. The van der Waals surface area contributed by atoms with Gasteiger partial charge in [0.15, 0.2) is 11.6 Å². The molecule has 1 rings (SSSR count). The van der Waals surface area contributed by atoms with E-state index in [-0.39, 0.29) is 12.1 Å². The van der Waals surface area contributed by atoms with Crippen LogP contribution in [0, 0.1) is 18.6 Å². The molecule has 2 unspecified atom stereocenters. The molecular weight excluding hydrogens is 272 g/mol. The van der Waals surface area contributed by atoms with Gasteiger partial charge in [0.05, 0.1) is 12.1 Å². The van der Waals surface area contributed by atoms with Crippen LogP contribution in [0.1, 0.15) is 57.2 Å². The maximum absolute atomic E-state index is 14.3. The number of ether oxygens (including phenoxy) is 1. The highest BCUT2D eigenvalue weighted by Gasteiger charge is 2.26. The highest BCUT2D eigenvalue weighted by molar-refractivity contribution is 5.28. The van der Waals surface area contributed by atoms with E-state index in [1.165, 1.54) is 0 Å². The number of nitrogens with one attached hydrogen (secondary N) is 1. The fraction of sp³-hybridized carbons (Fsp3) is 0.647. The molecular formula is C17H27F2NO. The first-order valence-corrected chi connectivity index (χ1v) is 7.86. The second-order valence-electron chi connectivity index (χ2n) is 5.31. The monoisotopic (exact) mass is 299 g/mol. The van der Waals surface area contributed by atoms with E-state index < -0.39 is 11.6 Å². The number of benzene rings is 1. The van der Waals surface area contributed by atoms with E-state index in [4.69, 9.17) is 4.74 Å². The summed E-state index contributed by atoms with van der Waals surface area (Å²) in [6.07, 6.45) is 2.52. The molecule has 0 saturated carbocycles. The van der Waals surface area contributed by atoms with Crippen molar-refractivity contribution in [1.29, 1.82) is 0 Å². The maximum atomic E-state index is 14.3. The SMILES string of the molecule is CCCNC(c1ccc(C)c(F)c1F)C(CCC)OCC. The molecule has 120 valence electrons. The molecule has 0 amide bonds. The Morgan fingerprint density at radius 2 is 1.81 bits per heavy atom. The van der Waals surface area contributed by atoms with Gasteiger partial charge in [-0.15, -0.1) is 0 Å². The Balaban J connectivity index is 3.13. The van der Waals surface area contributed by atoms with E-state index >= 15 is 0 Å². The molecule has 21 heavy (non-hydrogen) atoms. The second kappa shape index (κ2) is 9.11. The minimum atomic E-state index is -0.762. The van der Waals surface area contributed by atoms with Crippen LogP contribution >= 0.6 is 0 Å². The lowest BCUT2D eigenvalue weighted by Gasteiger charge is -2.29. The second-order valence-corrected chi connectivity index (χ2v) is 5.31. The van der Waals surface area contributed by atoms with Crippen LogP contribution in [0.4, 0.5) is 8.78 Å². The van der Waals surface area contributed by atoms with Gasteiger partial charge in [0.2, 0.25) is 0 Å². The topological polar surface area (TPSA) is 21.3 Å². The van der Waals surface area contributed by atoms with Gasteiger partial charge in [0.1, 0.15) is 0 Å². The van der Waals surface area contributed by atoms with Crippen LogP contribution in [0.15, 0.2) is 12.1 Å². The zero-order valence-electron chi connectivity index (χ0n) is 13.5. The average molecular weight is 299 g/mol. The molecule has 0 fully saturated rings. The summed E-state index contributed by atoms with van der Waals surface area (Å²) < 4.78 is 33.9.